The molecule has 1 saturated heterocycles. The van der Waals surface area contributed by atoms with Crippen LogP contribution >= 0.6 is 0 Å². The molecule has 2 N–H and O–H groups in total. The van der Waals surface area contributed by atoms with Crippen LogP contribution in [0.15, 0.2) is 0 Å². The van der Waals surface area contributed by atoms with Crippen molar-refractivity contribution in [2.75, 3.05) is 26.2 Å². The monoisotopic (exact) mass is 226 g/mol. The first-order valence-electron chi connectivity index (χ1n) is 7.18. The van der Waals surface area contributed by atoms with Crippen LogP contribution in [0.2, 0.25) is 0 Å². The van der Waals surface area contributed by atoms with Crippen molar-refractivity contribution in [2.24, 2.45) is 17.6 Å². The van der Waals surface area contributed by atoms with E-state index in [0.717, 1.165) is 18.4 Å². The molecular weight excluding hydrogens is 196 g/mol. The second-order valence-corrected chi connectivity index (χ2v) is 5.52. The number of hydrogen-bond donors (Lipinski definition) is 1. The van der Waals surface area contributed by atoms with Crippen molar-refractivity contribution in [2.45, 2.75) is 52.4 Å². The zero-order chi connectivity index (χ0) is 11.8. The summed E-state index contributed by atoms with van der Waals surface area (Å²) in [5.41, 5.74) is 5.62. The van der Waals surface area contributed by atoms with Crippen molar-refractivity contribution in [1.82, 2.24) is 4.90 Å². The molecule has 1 fully saturated rings. The molecular formula is C14H30N2. The van der Waals surface area contributed by atoms with Crippen LogP contribution in [-0.2, 0) is 0 Å². The Morgan fingerprint density at radius 3 is 2.50 bits per heavy atom. The third-order valence-corrected chi connectivity index (χ3v) is 4.12. The second-order valence-electron chi connectivity index (χ2n) is 5.52. The van der Waals surface area contributed by atoms with Gasteiger partial charge in [-0.2, -0.15) is 0 Å². The van der Waals surface area contributed by atoms with Crippen molar-refractivity contribution < 1.29 is 0 Å². The van der Waals surface area contributed by atoms with Crippen molar-refractivity contribution in [1.29, 1.82) is 0 Å². The first-order valence-corrected chi connectivity index (χ1v) is 7.18. The SMILES string of the molecule is CCC(CCN)CCCN1CCC(C)CC1. The summed E-state index contributed by atoms with van der Waals surface area (Å²) in [7, 11) is 0. The smallest absolute Gasteiger partial charge is 0.00162 e. The molecule has 1 aliphatic rings. The maximum atomic E-state index is 5.62. The van der Waals surface area contributed by atoms with E-state index in [1.54, 1.807) is 0 Å². The lowest BCUT2D eigenvalue weighted by molar-refractivity contribution is 0.185. The van der Waals surface area contributed by atoms with Gasteiger partial charge in [0.15, 0.2) is 0 Å². The van der Waals surface area contributed by atoms with E-state index in [1.807, 2.05) is 0 Å². The van der Waals surface area contributed by atoms with E-state index in [2.05, 4.69) is 18.7 Å². The van der Waals surface area contributed by atoms with E-state index < -0.39 is 0 Å². The maximum Gasteiger partial charge on any atom is -0.00162 e. The van der Waals surface area contributed by atoms with Crippen molar-refractivity contribution in [3.8, 4) is 0 Å². The van der Waals surface area contributed by atoms with Crippen LogP contribution in [0.25, 0.3) is 0 Å². The number of likely N-dealkylation sites (tertiary alicyclic amines) is 1. The predicted molar refractivity (Wildman–Crippen MR) is 71.5 cm³/mol. The lowest BCUT2D eigenvalue weighted by Crippen LogP contribution is -2.33. The summed E-state index contributed by atoms with van der Waals surface area (Å²) >= 11 is 0. The highest BCUT2D eigenvalue weighted by atomic mass is 15.1. The van der Waals surface area contributed by atoms with E-state index in [1.165, 1.54) is 58.2 Å². The van der Waals surface area contributed by atoms with Gasteiger partial charge in [-0.25, -0.2) is 0 Å². The lowest BCUT2D eigenvalue weighted by atomic mass is 9.95. The molecule has 2 heteroatoms. The molecule has 1 rings (SSSR count). The molecule has 0 amide bonds. The molecule has 1 heterocycles. The molecule has 0 aromatic heterocycles. The van der Waals surface area contributed by atoms with Crippen LogP contribution in [-0.4, -0.2) is 31.1 Å². The largest absolute Gasteiger partial charge is 0.330 e. The van der Waals surface area contributed by atoms with E-state index in [9.17, 15) is 0 Å². The normalized spacial score (nSPS) is 21.2. The highest BCUT2D eigenvalue weighted by Crippen LogP contribution is 2.18. The Kier molecular flexibility index (Phi) is 7.06. The van der Waals surface area contributed by atoms with Crippen molar-refractivity contribution in [3.05, 3.63) is 0 Å². The molecule has 96 valence electrons. The topological polar surface area (TPSA) is 29.3 Å². The van der Waals surface area contributed by atoms with E-state index in [-0.39, 0.29) is 0 Å². The average Bonchev–Trinajstić information content (AvgIpc) is 2.30. The highest BCUT2D eigenvalue weighted by Gasteiger charge is 2.15. The minimum atomic E-state index is 0.861. The van der Waals surface area contributed by atoms with Gasteiger partial charge in [0.25, 0.3) is 0 Å². The summed E-state index contributed by atoms with van der Waals surface area (Å²) in [5.74, 6) is 1.82. The summed E-state index contributed by atoms with van der Waals surface area (Å²) in [4.78, 5) is 2.65. The molecule has 1 atom stereocenters. The molecule has 0 aromatic carbocycles. The van der Waals surface area contributed by atoms with Crippen molar-refractivity contribution in [3.63, 3.8) is 0 Å². The van der Waals surface area contributed by atoms with E-state index in [0.29, 0.717) is 0 Å². The lowest BCUT2D eigenvalue weighted by Gasteiger charge is -2.30. The second kappa shape index (κ2) is 8.08. The standard InChI is InChI=1S/C14H30N2/c1-3-14(6-9-15)5-4-10-16-11-7-13(2)8-12-16/h13-14H,3-12,15H2,1-2H3. The molecule has 0 saturated carbocycles. The van der Waals surface area contributed by atoms with Gasteiger partial charge in [-0.05, 0) is 70.1 Å². The maximum absolute atomic E-state index is 5.62. The zero-order valence-corrected chi connectivity index (χ0v) is 11.3. The van der Waals surface area contributed by atoms with Crippen LogP contribution in [0.1, 0.15) is 52.4 Å². The van der Waals surface area contributed by atoms with Crippen LogP contribution < -0.4 is 5.73 Å². The van der Waals surface area contributed by atoms with Crippen molar-refractivity contribution >= 4 is 0 Å². The number of nitrogens with two attached hydrogens (primary N) is 1. The molecule has 1 aliphatic heterocycles. The molecule has 0 aliphatic carbocycles. The minimum Gasteiger partial charge on any atom is -0.330 e. The molecule has 0 bridgehead atoms. The third kappa shape index (κ3) is 5.31. The Morgan fingerprint density at radius 2 is 1.94 bits per heavy atom. The predicted octanol–water partition coefficient (Wildman–Crippen LogP) is 2.87. The van der Waals surface area contributed by atoms with Gasteiger partial charge in [-0.3, -0.25) is 0 Å². The fraction of sp³-hybridized carbons (Fsp3) is 1.00. The third-order valence-electron chi connectivity index (χ3n) is 4.12. The Labute approximate surface area is 102 Å². The summed E-state index contributed by atoms with van der Waals surface area (Å²) < 4.78 is 0. The van der Waals surface area contributed by atoms with E-state index >= 15 is 0 Å². The van der Waals surface area contributed by atoms with Gasteiger partial charge >= 0.3 is 0 Å². The van der Waals surface area contributed by atoms with Gasteiger partial charge in [-0.1, -0.05) is 20.3 Å². The molecule has 16 heavy (non-hydrogen) atoms. The van der Waals surface area contributed by atoms with Crippen LogP contribution in [0, 0.1) is 11.8 Å². The number of hydrogen-bond acceptors (Lipinski definition) is 2. The highest BCUT2D eigenvalue weighted by molar-refractivity contribution is 4.70. The Hall–Kier alpha value is -0.0800. The van der Waals surface area contributed by atoms with Crippen LogP contribution in [0.4, 0.5) is 0 Å². The minimum absolute atomic E-state index is 0.861. The summed E-state index contributed by atoms with van der Waals surface area (Å²) in [6.45, 7) is 9.51. The van der Waals surface area contributed by atoms with E-state index in [4.69, 9.17) is 5.73 Å². The summed E-state index contributed by atoms with van der Waals surface area (Å²) in [6, 6.07) is 0. The first kappa shape index (κ1) is 14.0. The van der Waals surface area contributed by atoms with Crippen LogP contribution in [0.3, 0.4) is 0 Å². The number of piperidine rings is 1. The summed E-state index contributed by atoms with van der Waals surface area (Å²) in [6.07, 6.45) is 8.06. The molecule has 1 unspecified atom stereocenters. The van der Waals surface area contributed by atoms with Gasteiger partial charge in [0, 0.05) is 0 Å². The Morgan fingerprint density at radius 1 is 1.25 bits per heavy atom. The summed E-state index contributed by atoms with van der Waals surface area (Å²) in [5, 5.41) is 0. The fourth-order valence-corrected chi connectivity index (χ4v) is 2.68. The molecule has 0 aromatic rings. The molecule has 0 spiro atoms. The average molecular weight is 226 g/mol. The van der Waals surface area contributed by atoms with Gasteiger partial charge in [-0.15, -0.1) is 0 Å². The Balaban J connectivity index is 2.05. The quantitative estimate of drug-likeness (QED) is 0.723. The number of nitrogens with zero attached hydrogens (tertiary/aromatic N) is 1. The zero-order valence-electron chi connectivity index (χ0n) is 11.3. The Bertz CT molecular complexity index is 162. The first-order chi connectivity index (χ1) is 7.76. The fourth-order valence-electron chi connectivity index (χ4n) is 2.68. The van der Waals surface area contributed by atoms with Gasteiger partial charge in [0.1, 0.15) is 0 Å². The van der Waals surface area contributed by atoms with Gasteiger partial charge in [0.2, 0.25) is 0 Å². The van der Waals surface area contributed by atoms with Gasteiger partial charge in [0.05, 0.1) is 0 Å². The number of rotatable bonds is 7. The van der Waals surface area contributed by atoms with Gasteiger partial charge < -0.3 is 10.6 Å². The van der Waals surface area contributed by atoms with Crippen LogP contribution in [0.5, 0.6) is 0 Å². The molecule has 0 radical (unpaired) electrons. The molecule has 2 nitrogen and oxygen atoms in total.